The lowest BCUT2D eigenvalue weighted by molar-refractivity contribution is 0.954. The molecule has 96 valence electrons. The van der Waals surface area contributed by atoms with Gasteiger partial charge in [-0.2, -0.15) is 5.10 Å². The summed E-state index contributed by atoms with van der Waals surface area (Å²) in [4.78, 5) is 0. The van der Waals surface area contributed by atoms with Gasteiger partial charge in [0.25, 0.3) is 0 Å². The van der Waals surface area contributed by atoms with Gasteiger partial charge in [-0.3, -0.25) is 5.43 Å². The lowest BCUT2D eigenvalue weighted by Crippen LogP contribution is -2.19. The minimum atomic E-state index is -0.729. The van der Waals surface area contributed by atoms with Crippen LogP contribution in [0, 0.1) is 0 Å². The number of rotatable bonds is 5. The van der Waals surface area contributed by atoms with Crippen LogP contribution in [0.3, 0.4) is 0 Å². The van der Waals surface area contributed by atoms with E-state index in [1.807, 2.05) is 36.4 Å². The van der Waals surface area contributed by atoms with Crippen LogP contribution in [0.25, 0.3) is 0 Å². The predicted molar refractivity (Wildman–Crippen MR) is 84.0 cm³/mol. The summed E-state index contributed by atoms with van der Waals surface area (Å²) in [7, 11) is -0.729. The molecule has 2 aromatic carbocycles. The van der Waals surface area contributed by atoms with Crippen molar-refractivity contribution < 1.29 is 0 Å². The Bertz CT molecular complexity index is 513. The number of nitrogens with one attached hydrogen (secondary N) is 1. The molecule has 0 saturated heterocycles. The summed E-state index contributed by atoms with van der Waals surface area (Å²) in [6, 6.07) is 20.6. The van der Waals surface area contributed by atoms with Crippen LogP contribution in [0.15, 0.2) is 77.4 Å². The Morgan fingerprint density at radius 2 is 1.47 bits per heavy atom. The van der Waals surface area contributed by atoms with E-state index >= 15 is 0 Å². The number of hydrazone groups is 1. The fraction of sp³-hybridized carbons (Fsp3) is 0. The average molecular weight is 269 g/mol. The molecule has 0 aliphatic heterocycles. The fourth-order valence-corrected chi connectivity index (χ4v) is 3.94. The van der Waals surface area contributed by atoms with Crippen LogP contribution in [0.1, 0.15) is 0 Å². The predicted octanol–water partition coefficient (Wildman–Crippen LogP) is 2.08. The van der Waals surface area contributed by atoms with Crippen LogP contribution in [0.2, 0.25) is 0 Å². The Kier molecular flexibility index (Phi) is 4.71. The SMILES string of the molecule is C=NN/C(=C\N)P(c1ccccc1)c1ccccc1. The van der Waals surface area contributed by atoms with Gasteiger partial charge in [0.1, 0.15) is 0 Å². The highest BCUT2D eigenvalue weighted by Gasteiger charge is 2.17. The summed E-state index contributed by atoms with van der Waals surface area (Å²) in [5.41, 5.74) is 9.52. The molecule has 0 aliphatic rings. The van der Waals surface area contributed by atoms with Crippen LogP contribution >= 0.6 is 7.92 Å². The molecule has 4 heteroatoms. The van der Waals surface area contributed by atoms with E-state index in [0.717, 1.165) is 5.44 Å². The Labute approximate surface area is 114 Å². The third-order valence-corrected chi connectivity index (χ3v) is 4.98. The molecule has 0 unspecified atom stereocenters. The molecular formula is C15H16N3P. The highest BCUT2D eigenvalue weighted by Crippen LogP contribution is 2.40. The smallest absolute Gasteiger partial charge is 0.0806 e. The molecule has 0 heterocycles. The van der Waals surface area contributed by atoms with E-state index in [4.69, 9.17) is 5.73 Å². The van der Waals surface area contributed by atoms with Gasteiger partial charge >= 0.3 is 0 Å². The molecular weight excluding hydrogens is 253 g/mol. The third kappa shape index (κ3) is 3.21. The molecule has 0 fully saturated rings. The van der Waals surface area contributed by atoms with Crippen LogP contribution < -0.4 is 21.8 Å². The summed E-state index contributed by atoms with van der Waals surface area (Å²) < 4.78 is 0. The normalized spacial score (nSPS) is 11.3. The molecule has 3 nitrogen and oxygen atoms in total. The first-order valence-electron chi connectivity index (χ1n) is 5.90. The molecule has 0 aliphatic carbocycles. The van der Waals surface area contributed by atoms with E-state index in [2.05, 4.69) is 41.5 Å². The van der Waals surface area contributed by atoms with Gasteiger partial charge in [0.2, 0.25) is 0 Å². The van der Waals surface area contributed by atoms with Crippen molar-refractivity contribution in [1.82, 2.24) is 5.43 Å². The molecule has 3 N–H and O–H groups in total. The lowest BCUT2D eigenvalue weighted by atomic mass is 10.4. The van der Waals surface area contributed by atoms with E-state index < -0.39 is 7.92 Å². The van der Waals surface area contributed by atoms with E-state index in [1.54, 1.807) is 6.20 Å². The third-order valence-electron chi connectivity index (χ3n) is 2.62. The van der Waals surface area contributed by atoms with Crippen molar-refractivity contribution in [3.8, 4) is 0 Å². The Morgan fingerprint density at radius 3 is 1.84 bits per heavy atom. The fourth-order valence-electron chi connectivity index (χ4n) is 1.82. The quantitative estimate of drug-likeness (QED) is 0.496. The number of benzene rings is 2. The molecule has 0 atom stereocenters. The molecule has 19 heavy (non-hydrogen) atoms. The van der Waals surface area contributed by atoms with Gasteiger partial charge in [-0.05, 0) is 10.6 Å². The number of nitrogens with zero attached hydrogens (tertiary/aromatic N) is 1. The maximum atomic E-state index is 5.74. The highest BCUT2D eigenvalue weighted by atomic mass is 31.1. The van der Waals surface area contributed by atoms with Gasteiger partial charge in [0.05, 0.1) is 5.44 Å². The summed E-state index contributed by atoms with van der Waals surface area (Å²) in [6.07, 6.45) is 1.57. The Hall–Kier alpha value is -2.12. The van der Waals surface area contributed by atoms with Crippen molar-refractivity contribution in [1.29, 1.82) is 0 Å². The van der Waals surface area contributed by atoms with E-state index in [-0.39, 0.29) is 0 Å². The first kappa shape index (κ1) is 13.3. The molecule has 0 bridgehead atoms. The van der Waals surface area contributed by atoms with Crippen LogP contribution in [-0.4, -0.2) is 6.72 Å². The maximum Gasteiger partial charge on any atom is 0.0806 e. The molecule has 0 radical (unpaired) electrons. The first-order valence-corrected chi connectivity index (χ1v) is 7.25. The second-order valence-corrected chi connectivity index (χ2v) is 6.01. The molecule has 0 saturated carbocycles. The minimum Gasteiger partial charge on any atom is -0.403 e. The van der Waals surface area contributed by atoms with Gasteiger partial charge < -0.3 is 5.73 Å². The number of hydrogen-bond donors (Lipinski definition) is 2. The van der Waals surface area contributed by atoms with Gasteiger partial charge in [-0.25, -0.2) is 0 Å². The zero-order chi connectivity index (χ0) is 13.5. The van der Waals surface area contributed by atoms with Crippen LogP contribution in [0.5, 0.6) is 0 Å². The largest absolute Gasteiger partial charge is 0.403 e. The van der Waals surface area contributed by atoms with Gasteiger partial charge in [-0.1, -0.05) is 60.7 Å². The van der Waals surface area contributed by atoms with Crippen molar-refractivity contribution in [3.05, 3.63) is 72.3 Å². The van der Waals surface area contributed by atoms with Crippen LogP contribution in [-0.2, 0) is 0 Å². The lowest BCUT2D eigenvalue weighted by Gasteiger charge is -2.20. The number of nitrogens with two attached hydrogens (primary N) is 1. The molecule has 0 aromatic heterocycles. The summed E-state index contributed by atoms with van der Waals surface area (Å²) in [5.74, 6) is 0. The van der Waals surface area contributed by atoms with Crippen molar-refractivity contribution in [2.75, 3.05) is 0 Å². The molecule has 0 spiro atoms. The second kappa shape index (κ2) is 6.72. The van der Waals surface area contributed by atoms with Crippen molar-refractivity contribution in [3.63, 3.8) is 0 Å². The molecule has 2 aromatic rings. The van der Waals surface area contributed by atoms with Crippen molar-refractivity contribution >= 4 is 25.2 Å². The van der Waals surface area contributed by atoms with Gasteiger partial charge in [-0.15, -0.1) is 0 Å². The summed E-state index contributed by atoms with van der Waals surface area (Å²) in [5, 5.41) is 6.18. The van der Waals surface area contributed by atoms with E-state index in [9.17, 15) is 0 Å². The van der Waals surface area contributed by atoms with Gasteiger partial charge in [0.15, 0.2) is 0 Å². The van der Waals surface area contributed by atoms with Crippen molar-refractivity contribution in [2.45, 2.75) is 0 Å². The Balaban J connectivity index is 2.48. The topological polar surface area (TPSA) is 50.4 Å². The molecule has 0 amide bonds. The monoisotopic (exact) mass is 269 g/mol. The standard InChI is InChI=1S/C15H16N3P/c1-17-18-15(12-16)19(13-8-4-2-5-9-13)14-10-6-3-7-11-14/h2-12,18H,1,16H2/b15-12+. The van der Waals surface area contributed by atoms with E-state index in [0.29, 0.717) is 0 Å². The first-order chi connectivity index (χ1) is 9.36. The minimum absolute atomic E-state index is 0.729. The summed E-state index contributed by atoms with van der Waals surface area (Å²) >= 11 is 0. The zero-order valence-corrected chi connectivity index (χ0v) is 11.4. The zero-order valence-electron chi connectivity index (χ0n) is 10.5. The summed E-state index contributed by atoms with van der Waals surface area (Å²) in [6.45, 7) is 3.47. The second-order valence-electron chi connectivity index (χ2n) is 3.83. The Morgan fingerprint density at radius 1 is 1.00 bits per heavy atom. The molecule has 2 rings (SSSR count). The van der Waals surface area contributed by atoms with Crippen molar-refractivity contribution in [2.24, 2.45) is 10.8 Å². The maximum absolute atomic E-state index is 5.74. The average Bonchev–Trinajstić information content (AvgIpc) is 2.49. The van der Waals surface area contributed by atoms with Crippen LogP contribution in [0.4, 0.5) is 0 Å². The number of hydrogen-bond acceptors (Lipinski definition) is 3. The van der Waals surface area contributed by atoms with Gasteiger partial charge in [0, 0.05) is 20.8 Å². The highest BCUT2D eigenvalue weighted by molar-refractivity contribution is 7.76. The van der Waals surface area contributed by atoms with E-state index in [1.165, 1.54) is 10.6 Å².